The second-order valence-electron chi connectivity index (χ2n) is 4.76. The van der Waals surface area contributed by atoms with Gasteiger partial charge in [-0.25, -0.2) is 0 Å². The molecule has 0 saturated heterocycles. The third-order valence-electron chi connectivity index (χ3n) is 3.03. The number of hydrogen-bond donors (Lipinski definition) is 0. The van der Waals surface area contributed by atoms with Crippen LogP contribution in [-0.2, 0) is 6.18 Å². The van der Waals surface area contributed by atoms with Crippen molar-refractivity contribution in [2.45, 2.75) is 51.0 Å². The molecule has 2 radical (unpaired) electrons. The molecule has 0 amide bonds. The highest BCUT2D eigenvalue weighted by Gasteiger charge is 2.29. The van der Waals surface area contributed by atoms with Crippen molar-refractivity contribution in [1.29, 1.82) is 0 Å². The topological polar surface area (TPSA) is 0 Å². The van der Waals surface area contributed by atoms with E-state index in [1.807, 2.05) is 0 Å². The molecule has 1 aromatic rings. The van der Waals surface area contributed by atoms with E-state index in [4.69, 9.17) is 7.85 Å². The normalized spacial score (nSPS) is 16.9. The number of rotatable bonds is 0. The highest BCUT2D eigenvalue weighted by molar-refractivity contribution is 6.11. The summed E-state index contributed by atoms with van der Waals surface area (Å²) in [6.07, 6.45) is 2.45. The maximum Gasteiger partial charge on any atom is 0.416 e. The maximum absolute atomic E-state index is 11.9. The average Bonchev–Trinajstić information content (AvgIpc) is 2.30. The van der Waals surface area contributed by atoms with Gasteiger partial charge in [-0.1, -0.05) is 55.6 Å². The van der Waals surface area contributed by atoms with Crippen molar-refractivity contribution >= 4 is 7.85 Å². The van der Waals surface area contributed by atoms with Gasteiger partial charge in [0.2, 0.25) is 0 Å². The Morgan fingerprint density at radius 2 is 1.50 bits per heavy atom. The molecule has 1 aromatic carbocycles. The van der Waals surface area contributed by atoms with Gasteiger partial charge in [-0.15, -0.1) is 0 Å². The molecule has 18 heavy (non-hydrogen) atoms. The Balaban J connectivity index is 0.000000199. The number of halogens is 3. The summed E-state index contributed by atoms with van der Waals surface area (Å²) < 4.78 is 35.8. The van der Waals surface area contributed by atoms with E-state index in [0.717, 1.165) is 17.7 Å². The third-order valence-corrected chi connectivity index (χ3v) is 3.03. The minimum absolute atomic E-state index is 0.536. The first kappa shape index (κ1) is 15.1. The second-order valence-corrected chi connectivity index (χ2v) is 4.76. The van der Waals surface area contributed by atoms with Gasteiger partial charge in [0.05, 0.1) is 13.4 Å². The molecule has 0 bridgehead atoms. The van der Waals surface area contributed by atoms with Crippen LogP contribution in [0.5, 0.6) is 0 Å². The Morgan fingerprint density at radius 1 is 1.00 bits per heavy atom. The van der Waals surface area contributed by atoms with Gasteiger partial charge in [-0.3, -0.25) is 0 Å². The zero-order valence-corrected chi connectivity index (χ0v) is 10.6. The van der Waals surface area contributed by atoms with Gasteiger partial charge in [0.1, 0.15) is 0 Å². The molecule has 0 aliphatic heterocycles. The lowest BCUT2D eigenvalue weighted by atomic mass is 9.76. The molecule has 0 heterocycles. The quantitative estimate of drug-likeness (QED) is 0.576. The van der Waals surface area contributed by atoms with Gasteiger partial charge < -0.3 is 0 Å². The molecule has 1 aliphatic rings. The fraction of sp³-hybridized carbons (Fsp3) is 0.571. The fourth-order valence-electron chi connectivity index (χ4n) is 1.88. The van der Waals surface area contributed by atoms with E-state index in [1.54, 1.807) is 6.92 Å². The van der Waals surface area contributed by atoms with E-state index in [9.17, 15) is 13.2 Å². The Bertz CT molecular complexity index is 337. The minimum atomic E-state index is -4.21. The largest absolute Gasteiger partial charge is 0.416 e. The Morgan fingerprint density at radius 3 is 1.83 bits per heavy atom. The number of alkyl halides is 3. The van der Waals surface area contributed by atoms with Crippen molar-refractivity contribution in [2.75, 3.05) is 0 Å². The van der Waals surface area contributed by atoms with Crippen molar-refractivity contribution in [3.63, 3.8) is 0 Å². The molecule has 2 rings (SSSR count). The molecule has 1 saturated carbocycles. The molecule has 0 spiro atoms. The maximum atomic E-state index is 11.9. The van der Waals surface area contributed by atoms with Crippen molar-refractivity contribution < 1.29 is 13.2 Å². The summed E-state index contributed by atoms with van der Waals surface area (Å²) in [6.45, 7) is 1.75. The lowest BCUT2D eigenvalue weighted by molar-refractivity contribution is -0.137. The predicted octanol–water partition coefficient (Wildman–Crippen LogP) is 4.92. The molecule has 1 fully saturated rings. The van der Waals surface area contributed by atoms with Gasteiger partial charge in [-0.05, 0) is 19.1 Å². The number of benzene rings is 1. The van der Waals surface area contributed by atoms with Crippen LogP contribution in [-0.4, -0.2) is 7.85 Å². The van der Waals surface area contributed by atoms with Crippen LogP contribution >= 0.6 is 0 Å². The van der Waals surface area contributed by atoms with Crippen molar-refractivity contribution in [1.82, 2.24) is 0 Å². The predicted molar refractivity (Wildman–Crippen MR) is 68.8 cm³/mol. The second kappa shape index (κ2) is 6.86. The standard InChI is InChI=1S/C8H7F3.C6H11B/c1-6-2-4-7(5-3-6)8(9,10)11;7-6-4-2-1-3-5-6/h2-5H,1H3;6H,1-5H2. The van der Waals surface area contributed by atoms with Crippen LogP contribution in [0.3, 0.4) is 0 Å². The molecular weight excluding hydrogens is 236 g/mol. The summed E-state index contributed by atoms with van der Waals surface area (Å²) in [5.74, 6) is 0.536. The molecule has 0 N–H and O–H groups in total. The SMILES string of the molecule is Cc1ccc(C(F)(F)F)cc1.[B]C1CCCCC1. The number of hydrogen-bond acceptors (Lipinski definition) is 0. The first-order valence-corrected chi connectivity index (χ1v) is 6.29. The van der Waals surface area contributed by atoms with Crippen molar-refractivity contribution in [2.24, 2.45) is 0 Å². The highest BCUT2D eigenvalue weighted by atomic mass is 19.4. The summed E-state index contributed by atoms with van der Waals surface area (Å²) in [4.78, 5) is 0. The van der Waals surface area contributed by atoms with E-state index in [2.05, 4.69) is 0 Å². The summed E-state index contributed by atoms with van der Waals surface area (Å²) >= 11 is 0. The molecule has 0 nitrogen and oxygen atoms in total. The Labute approximate surface area is 108 Å². The molecule has 0 unspecified atom stereocenters. The van der Waals surface area contributed by atoms with Crippen molar-refractivity contribution in [3.8, 4) is 0 Å². The van der Waals surface area contributed by atoms with Gasteiger partial charge in [-0.2, -0.15) is 13.2 Å². The zero-order valence-electron chi connectivity index (χ0n) is 10.6. The van der Waals surface area contributed by atoms with Gasteiger partial charge in [0.15, 0.2) is 0 Å². The minimum Gasteiger partial charge on any atom is -0.166 e. The van der Waals surface area contributed by atoms with Crippen LogP contribution in [0.4, 0.5) is 13.2 Å². The smallest absolute Gasteiger partial charge is 0.166 e. The lowest BCUT2D eigenvalue weighted by Crippen LogP contribution is -2.03. The summed E-state index contributed by atoms with van der Waals surface area (Å²) in [7, 11) is 5.63. The highest BCUT2D eigenvalue weighted by Crippen LogP contribution is 2.28. The van der Waals surface area contributed by atoms with Crippen LogP contribution in [0, 0.1) is 6.92 Å². The van der Waals surface area contributed by atoms with Crippen LogP contribution in [0.1, 0.15) is 43.2 Å². The van der Waals surface area contributed by atoms with Gasteiger partial charge in [0, 0.05) is 0 Å². The van der Waals surface area contributed by atoms with E-state index in [-0.39, 0.29) is 0 Å². The van der Waals surface area contributed by atoms with Gasteiger partial charge >= 0.3 is 6.18 Å². The fourth-order valence-corrected chi connectivity index (χ4v) is 1.88. The van der Waals surface area contributed by atoms with Crippen LogP contribution < -0.4 is 0 Å². The molecule has 0 aromatic heterocycles. The molecule has 0 atom stereocenters. The lowest BCUT2D eigenvalue weighted by Gasteiger charge is -2.15. The van der Waals surface area contributed by atoms with E-state index < -0.39 is 11.7 Å². The van der Waals surface area contributed by atoms with E-state index in [0.29, 0.717) is 5.82 Å². The third kappa shape index (κ3) is 5.61. The Hall–Kier alpha value is -0.925. The number of aryl methyl sites for hydroxylation is 1. The van der Waals surface area contributed by atoms with Crippen LogP contribution in [0.25, 0.3) is 0 Å². The summed E-state index contributed by atoms with van der Waals surface area (Å²) in [5.41, 5.74) is 0.237. The van der Waals surface area contributed by atoms with E-state index >= 15 is 0 Å². The van der Waals surface area contributed by atoms with Crippen LogP contribution in [0.2, 0.25) is 5.82 Å². The summed E-state index contributed by atoms with van der Waals surface area (Å²) in [5, 5.41) is 0. The molecule has 98 valence electrons. The molecular formula is C14H18BF3. The zero-order chi connectivity index (χ0) is 13.6. The summed E-state index contributed by atoms with van der Waals surface area (Å²) in [6, 6.07) is 5.05. The average molecular weight is 254 g/mol. The van der Waals surface area contributed by atoms with Gasteiger partial charge in [0.25, 0.3) is 0 Å². The first-order chi connectivity index (χ1) is 8.39. The first-order valence-electron chi connectivity index (χ1n) is 6.29. The van der Waals surface area contributed by atoms with Crippen LogP contribution in [0.15, 0.2) is 24.3 Å². The molecule has 4 heteroatoms. The Kier molecular flexibility index (Phi) is 5.77. The van der Waals surface area contributed by atoms with Crippen molar-refractivity contribution in [3.05, 3.63) is 35.4 Å². The van der Waals surface area contributed by atoms with E-state index in [1.165, 1.54) is 44.2 Å². The molecule has 1 aliphatic carbocycles. The monoisotopic (exact) mass is 254 g/mol.